The van der Waals surface area contributed by atoms with Gasteiger partial charge in [-0.05, 0) is 92.8 Å². The molecule has 2 aliphatic heterocycles. The summed E-state index contributed by atoms with van der Waals surface area (Å²) in [4.78, 5) is 0. The van der Waals surface area contributed by atoms with Crippen molar-refractivity contribution in [3.63, 3.8) is 0 Å². The van der Waals surface area contributed by atoms with Crippen LogP contribution in [0.5, 0.6) is 0 Å². The van der Waals surface area contributed by atoms with Crippen molar-refractivity contribution in [3.05, 3.63) is 11.6 Å². The molecule has 0 amide bonds. The number of fused-ring (bicyclic) bond motifs is 5. The van der Waals surface area contributed by atoms with E-state index in [1.54, 1.807) is 6.92 Å². The molecule has 0 bridgehead atoms. The Morgan fingerprint density at radius 2 is 1.48 bits per heavy atom. The van der Waals surface area contributed by atoms with Crippen molar-refractivity contribution in [2.45, 2.75) is 179 Å². The van der Waals surface area contributed by atoms with Gasteiger partial charge in [0.15, 0.2) is 12.6 Å². The Labute approximate surface area is 307 Å². The molecule has 0 aromatic rings. The fraction of sp³-hybridized carbons (Fsp3) is 0.949. The zero-order valence-electron chi connectivity index (χ0n) is 31.6. The van der Waals surface area contributed by atoms with E-state index in [0.717, 1.165) is 31.3 Å². The Balaban J connectivity index is 1.30. The summed E-state index contributed by atoms with van der Waals surface area (Å²) < 4.78 is 24.9. The van der Waals surface area contributed by atoms with Crippen molar-refractivity contribution in [2.75, 3.05) is 6.61 Å². The maximum Gasteiger partial charge on any atom is 0.187 e. The second-order valence-corrected chi connectivity index (χ2v) is 18.1. The molecule has 4 aliphatic carbocycles. The van der Waals surface area contributed by atoms with E-state index in [0.29, 0.717) is 25.2 Å². The Bertz CT molecular complexity index is 1250. The molecule has 3 saturated carbocycles. The van der Waals surface area contributed by atoms with Crippen LogP contribution in [0.25, 0.3) is 0 Å². The quantitative estimate of drug-likeness (QED) is 0.143. The highest BCUT2D eigenvalue weighted by molar-refractivity contribution is 5.28. The molecule has 2 heterocycles. The van der Waals surface area contributed by atoms with Crippen LogP contribution < -0.4 is 0 Å². The number of aliphatic hydroxyl groups is 9. The molecule has 0 aromatic carbocycles. The third kappa shape index (κ3) is 7.07. The zero-order chi connectivity index (χ0) is 38.0. The van der Waals surface area contributed by atoms with Crippen LogP contribution in [0.4, 0.5) is 0 Å². The molecule has 52 heavy (non-hydrogen) atoms. The van der Waals surface area contributed by atoms with Gasteiger partial charge in [0.2, 0.25) is 0 Å². The van der Waals surface area contributed by atoms with E-state index in [1.165, 1.54) is 0 Å². The number of hydrogen-bond donors (Lipinski definition) is 9. The predicted octanol–water partition coefficient (Wildman–Crippen LogP) is 0.977. The summed E-state index contributed by atoms with van der Waals surface area (Å²) in [6, 6.07) is 0. The van der Waals surface area contributed by atoms with Crippen LogP contribution in [0, 0.1) is 46.3 Å². The lowest BCUT2D eigenvalue weighted by Crippen LogP contribution is -2.62. The second kappa shape index (κ2) is 15.6. The summed E-state index contributed by atoms with van der Waals surface area (Å²) in [6.07, 6.45) is -7.70. The number of hydrogen-bond acceptors (Lipinski definition) is 13. The van der Waals surface area contributed by atoms with Gasteiger partial charge in [-0.25, -0.2) is 0 Å². The normalized spacial score (nSPS) is 52.0. The third-order valence-corrected chi connectivity index (χ3v) is 14.7. The van der Waals surface area contributed by atoms with Crippen LogP contribution in [0.3, 0.4) is 0 Å². The van der Waals surface area contributed by atoms with Gasteiger partial charge in [-0.3, -0.25) is 0 Å². The molecule has 6 rings (SSSR count). The van der Waals surface area contributed by atoms with Gasteiger partial charge in [0.25, 0.3) is 0 Å². The van der Waals surface area contributed by atoms with E-state index in [1.807, 2.05) is 0 Å². The highest BCUT2D eigenvalue weighted by atomic mass is 16.7. The van der Waals surface area contributed by atoms with E-state index < -0.39 is 97.8 Å². The average molecular weight is 743 g/mol. The minimum Gasteiger partial charge on any atom is -0.394 e. The van der Waals surface area contributed by atoms with Gasteiger partial charge in [0.05, 0.1) is 37.1 Å². The molecule has 300 valence electrons. The Morgan fingerprint density at radius 1 is 0.827 bits per heavy atom. The zero-order valence-corrected chi connectivity index (χ0v) is 31.6. The highest BCUT2D eigenvalue weighted by Gasteiger charge is 2.65. The molecule has 0 spiro atoms. The fourth-order valence-corrected chi connectivity index (χ4v) is 11.6. The summed E-state index contributed by atoms with van der Waals surface area (Å²) in [7, 11) is 0. The van der Waals surface area contributed by atoms with Crippen molar-refractivity contribution >= 4 is 0 Å². The Kier molecular flexibility index (Phi) is 12.3. The monoisotopic (exact) mass is 742 g/mol. The largest absolute Gasteiger partial charge is 0.394 e. The topological polar surface area (TPSA) is 219 Å². The van der Waals surface area contributed by atoms with E-state index >= 15 is 0 Å². The summed E-state index contributed by atoms with van der Waals surface area (Å²) in [5, 5.41) is 96.3. The smallest absolute Gasteiger partial charge is 0.187 e. The Hall–Kier alpha value is -0.780. The van der Waals surface area contributed by atoms with Gasteiger partial charge in [0, 0.05) is 11.8 Å². The minimum atomic E-state index is -1.58. The standard InChI is InChI=1S/C39H66O13/c1-17(2)7-10-25(42)18(3)29-26(50-36-34(47)32(45)30(43)19(4)49-36)15-24-22-9-8-20-13-21(41)14-28(39(20,6)23(22)11-12-38(24,29)5)52-37-35(48)33(46)31(44)27(16-40)51-37/h8,17-19,21-37,40-48H,7,9-16H2,1-6H3. The third-order valence-electron chi connectivity index (χ3n) is 14.7. The van der Waals surface area contributed by atoms with Gasteiger partial charge in [0.1, 0.15) is 42.7 Å². The summed E-state index contributed by atoms with van der Waals surface area (Å²) in [6.45, 7) is 11.9. The molecule has 0 aromatic heterocycles. The lowest BCUT2D eigenvalue weighted by Gasteiger charge is -2.60. The van der Waals surface area contributed by atoms with E-state index in [9.17, 15) is 46.0 Å². The fourth-order valence-electron chi connectivity index (χ4n) is 11.6. The van der Waals surface area contributed by atoms with Crippen LogP contribution in [0.2, 0.25) is 0 Å². The average Bonchev–Trinajstić information content (AvgIpc) is 3.40. The SMILES string of the molecule is CC(C)CCC(O)C(C)C1C(OC2OC(C)C(O)C(O)C2O)CC2C3CC=C4CC(O)CC(OC5OC(CO)C(O)C(O)C5O)C4(C)C3CCC21C. The molecule has 0 radical (unpaired) electrons. The molecule has 13 heteroatoms. The number of aliphatic hydroxyl groups excluding tert-OH is 9. The first-order chi connectivity index (χ1) is 24.4. The molecular weight excluding hydrogens is 676 g/mol. The number of ether oxygens (including phenoxy) is 4. The second-order valence-electron chi connectivity index (χ2n) is 18.1. The maximum absolute atomic E-state index is 11.6. The van der Waals surface area contributed by atoms with E-state index in [2.05, 4.69) is 40.7 Å². The van der Waals surface area contributed by atoms with Gasteiger partial charge >= 0.3 is 0 Å². The Morgan fingerprint density at radius 3 is 2.13 bits per heavy atom. The highest BCUT2D eigenvalue weighted by Crippen LogP contribution is 2.68. The van der Waals surface area contributed by atoms with Crippen LogP contribution >= 0.6 is 0 Å². The van der Waals surface area contributed by atoms with Crippen molar-refractivity contribution in [2.24, 2.45) is 46.3 Å². The van der Waals surface area contributed by atoms with Crippen molar-refractivity contribution < 1.29 is 64.9 Å². The van der Waals surface area contributed by atoms with Crippen LogP contribution in [0.15, 0.2) is 11.6 Å². The van der Waals surface area contributed by atoms with E-state index in [-0.39, 0.29) is 41.4 Å². The molecule has 5 fully saturated rings. The first-order valence-corrected chi connectivity index (χ1v) is 19.8. The van der Waals surface area contributed by atoms with Crippen LogP contribution in [0.1, 0.15) is 92.9 Å². The summed E-state index contributed by atoms with van der Waals surface area (Å²) in [5.74, 6) is 0.631. The molecule has 2 saturated heterocycles. The van der Waals surface area contributed by atoms with Gasteiger partial charge in [-0.1, -0.05) is 46.3 Å². The molecular formula is C39H66O13. The van der Waals surface area contributed by atoms with Crippen molar-refractivity contribution in [1.82, 2.24) is 0 Å². The van der Waals surface area contributed by atoms with Crippen LogP contribution in [-0.4, -0.2) is 138 Å². The lowest BCUT2D eigenvalue weighted by atomic mass is 9.46. The first kappa shape index (κ1) is 40.9. The van der Waals surface area contributed by atoms with Gasteiger partial charge in [-0.2, -0.15) is 0 Å². The van der Waals surface area contributed by atoms with Crippen molar-refractivity contribution in [3.8, 4) is 0 Å². The van der Waals surface area contributed by atoms with Crippen molar-refractivity contribution in [1.29, 1.82) is 0 Å². The molecule has 9 N–H and O–H groups in total. The van der Waals surface area contributed by atoms with E-state index in [4.69, 9.17) is 18.9 Å². The maximum atomic E-state index is 11.6. The predicted molar refractivity (Wildman–Crippen MR) is 187 cm³/mol. The number of allylic oxidation sites excluding steroid dienone is 1. The minimum absolute atomic E-state index is 0.0942. The van der Waals surface area contributed by atoms with Gasteiger partial charge in [-0.15, -0.1) is 0 Å². The molecule has 6 aliphatic rings. The summed E-state index contributed by atoms with van der Waals surface area (Å²) in [5.41, 5.74) is 0.278. The molecule has 21 atom stereocenters. The number of rotatable bonds is 10. The molecule has 21 unspecified atom stereocenters. The lowest BCUT2D eigenvalue weighted by molar-refractivity contribution is -0.324. The molecule has 13 nitrogen and oxygen atoms in total. The van der Waals surface area contributed by atoms with Gasteiger partial charge < -0.3 is 64.9 Å². The first-order valence-electron chi connectivity index (χ1n) is 19.8. The van der Waals surface area contributed by atoms with Crippen LogP contribution in [-0.2, 0) is 18.9 Å². The summed E-state index contributed by atoms with van der Waals surface area (Å²) >= 11 is 0.